The summed E-state index contributed by atoms with van der Waals surface area (Å²) in [5.74, 6) is 0.531. The van der Waals surface area contributed by atoms with Gasteiger partial charge in [-0.2, -0.15) is 0 Å². The van der Waals surface area contributed by atoms with Crippen molar-refractivity contribution in [1.82, 2.24) is 4.90 Å². The summed E-state index contributed by atoms with van der Waals surface area (Å²) in [4.78, 5) is 2.28. The van der Waals surface area contributed by atoms with E-state index < -0.39 is 0 Å². The molecule has 0 radical (unpaired) electrons. The van der Waals surface area contributed by atoms with Gasteiger partial charge in [0.05, 0.1) is 0 Å². The molecular weight excluding hydrogens is 263 g/mol. The van der Waals surface area contributed by atoms with Crippen molar-refractivity contribution in [3.63, 3.8) is 0 Å². The van der Waals surface area contributed by atoms with Crippen LogP contribution in [0.1, 0.15) is 37.8 Å². The third-order valence-electron chi connectivity index (χ3n) is 4.10. The first-order chi connectivity index (χ1) is 9.15. The molecule has 1 unspecified atom stereocenters. The van der Waals surface area contributed by atoms with E-state index in [0.29, 0.717) is 17.1 Å². The van der Waals surface area contributed by atoms with E-state index in [0.717, 1.165) is 19.0 Å². The van der Waals surface area contributed by atoms with E-state index in [9.17, 15) is 4.39 Å². The summed E-state index contributed by atoms with van der Waals surface area (Å²) >= 11 is 5.98. The van der Waals surface area contributed by atoms with Crippen molar-refractivity contribution in [3.05, 3.63) is 34.6 Å². The van der Waals surface area contributed by atoms with Gasteiger partial charge >= 0.3 is 0 Å². The molecule has 106 valence electrons. The summed E-state index contributed by atoms with van der Waals surface area (Å²) in [5.41, 5.74) is 6.51. The minimum Gasteiger partial charge on any atom is -0.329 e. The van der Waals surface area contributed by atoms with Gasteiger partial charge in [0.25, 0.3) is 0 Å². The number of hydrogen-bond donors (Lipinski definition) is 1. The predicted molar refractivity (Wildman–Crippen MR) is 77.8 cm³/mol. The van der Waals surface area contributed by atoms with Crippen LogP contribution in [0, 0.1) is 11.7 Å². The Labute approximate surface area is 119 Å². The Bertz CT molecular complexity index is 421. The molecular formula is C15H22ClFN2. The Morgan fingerprint density at radius 1 is 1.47 bits per heavy atom. The van der Waals surface area contributed by atoms with E-state index in [1.807, 2.05) is 0 Å². The van der Waals surface area contributed by atoms with Crippen LogP contribution in [0.5, 0.6) is 0 Å². The minimum absolute atomic E-state index is 0.0794. The summed E-state index contributed by atoms with van der Waals surface area (Å²) in [6, 6.07) is 4.63. The molecule has 0 aromatic heterocycles. The third-order valence-corrected chi connectivity index (χ3v) is 4.34. The van der Waals surface area contributed by atoms with Crippen LogP contribution in [0.2, 0.25) is 5.02 Å². The molecule has 1 aromatic carbocycles. The van der Waals surface area contributed by atoms with Crippen molar-refractivity contribution >= 4 is 11.6 Å². The van der Waals surface area contributed by atoms with Crippen LogP contribution in [0.3, 0.4) is 0 Å². The first kappa shape index (κ1) is 14.8. The molecule has 2 nitrogen and oxygen atoms in total. The maximum absolute atomic E-state index is 14.0. The van der Waals surface area contributed by atoms with Crippen LogP contribution in [0.4, 0.5) is 4.39 Å². The van der Waals surface area contributed by atoms with E-state index in [1.165, 1.54) is 25.3 Å². The van der Waals surface area contributed by atoms with Gasteiger partial charge in [-0.25, -0.2) is 4.39 Å². The summed E-state index contributed by atoms with van der Waals surface area (Å²) < 4.78 is 14.0. The van der Waals surface area contributed by atoms with Crippen LogP contribution in [0.15, 0.2) is 18.2 Å². The molecule has 1 aromatic rings. The lowest BCUT2D eigenvalue weighted by Gasteiger charge is -2.36. The van der Waals surface area contributed by atoms with Gasteiger partial charge in [-0.3, -0.25) is 4.90 Å². The van der Waals surface area contributed by atoms with Crippen molar-refractivity contribution in [3.8, 4) is 0 Å². The van der Waals surface area contributed by atoms with E-state index in [2.05, 4.69) is 11.8 Å². The summed E-state index contributed by atoms with van der Waals surface area (Å²) in [6.07, 6.45) is 3.89. The van der Waals surface area contributed by atoms with Gasteiger partial charge in [0, 0.05) is 29.7 Å². The maximum Gasteiger partial charge on any atom is 0.128 e. The van der Waals surface area contributed by atoms with Gasteiger partial charge in [-0.1, -0.05) is 24.9 Å². The van der Waals surface area contributed by atoms with E-state index >= 15 is 0 Å². The number of nitrogens with zero attached hydrogens (tertiary/aromatic N) is 1. The van der Waals surface area contributed by atoms with Gasteiger partial charge in [0.1, 0.15) is 5.82 Å². The van der Waals surface area contributed by atoms with Crippen molar-refractivity contribution < 1.29 is 4.39 Å². The quantitative estimate of drug-likeness (QED) is 0.865. The molecule has 1 aliphatic rings. The molecule has 0 aliphatic heterocycles. The smallest absolute Gasteiger partial charge is 0.128 e. The van der Waals surface area contributed by atoms with Gasteiger partial charge in [0.2, 0.25) is 0 Å². The SMILES string of the molecule is CCN(CC1CCC1)C(CN)c1cc(Cl)ccc1F. The lowest BCUT2D eigenvalue weighted by atomic mass is 9.84. The molecule has 2 N–H and O–H groups in total. The summed E-state index contributed by atoms with van der Waals surface area (Å²) in [5, 5.41) is 0.564. The van der Waals surface area contributed by atoms with E-state index in [-0.39, 0.29) is 11.9 Å². The van der Waals surface area contributed by atoms with E-state index in [1.54, 1.807) is 12.1 Å². The lowest BCUT2D eigenvalue weighted by Crippen LogP contribution is -2.39. The molecule has 0 heterocycles. The first-order valence-electron chi connectivity index (χ1n) is 7.04. The molecule has 0 bridgehead atoms. The Morgan fingerprint density at radius 2 is 2.21 bits per heavy atom. The lowest BCUT2D eigenvalue weighted by molar-refractivity contribution is 0.139. The topological polar surface area (TPSA) is 29.3 Å². The molecule has 4 heteroatoms. The standard InChI is InChI=1S/C15H22ClFN2/c1-2-19(10-11-4-3-5-11)15(9-18)13-8-12(16)6-7-14(13)17/h6-8,11,15H,2-5,9-10,18H2,1H3. The highest BCUT2D eigenvalue weighted by Crippen LogP contribution is 2.31. The van der Waals surface area contributed by atoms with Gasteiger partial charge in [-0.05, 0) is 43.5 Å². The highest BCUT2D eigenvalue weighted by Gasteiger charge is 2.26. The first-order valence-corrected chi connectivity index (χ1v) is 7.42. The van der Waals surface area contributed by atoms with Crippen molar-refractivity contribution in [2.75, 3.05) is 19.6 Å². The molecule has 1 atom stereocenters. The van der Waals surface area contributed by atoms with Gasteiger partial charge in [0.15, 0.2) is 0 Å². The Hall–Kier alpha value is -0.640. The fraction of sp³-hybridized carbons (Fsp3) is 0.600. The van der Waals surface area contributed by atoms with E-state index in [4.69, 9.17) is 17.3 Å². The maximum atomic E-state index is 14.0. The van der Waals surface area contributed by atoms with Crippen molar-refractivity contribution in [2.45, 2.75) is 32.2 Å². The average Bonchev–Trinajstić information content (AvgIpc) is 2.35. The van der Waals surface area contributed by atoms with Crippen LogP contribution in [-0.4, -0.2) is 24.5 Å². The van der Waals surface area contributed by atoms with Gasteiger partial charge < -0.3 is 5.73 Å². The second-order valence-electron chi connectivity index (χ2n) is 5.30. The second-order valence-corrected chi connectivity index (χ2v) is 5.74. The summed E-state index contributed by atoms with van der Waals surface area (Å²) in [7, 11) is 0. The molecule has 0 spiro atoms. The monoisotopic (exact) mass is 284 g/mol. The van der Waals surface area contributed by atoms with Crippen molar-refractivity contribution in [1.29, 1.82) is 0 Å². The average molecular weight is 285 g/mol. The zero-order valence-corrected chi connectivity index (χ0v) is 12.2. The predicted octanol–water partition coefficient (Wildman–Crippen LogP) is 3.60. The Balaban J connectivity index is 2.17. The number of nitrogens with two attached hydrogens (primary N) is 1. The highest BCUT2D eigenvalue weighted by atomic mass is 35.5. The number of hydrogen-bond acceptors (Lipinski definition) is 2. The van der Waals surface area contributed by atoms with Crippen LogP contribution >= 0.6 is 11.6 Å². The van der Waals surface area contributed by atoms with Gasteiger partial charge in [-0.15, -0.1) is 0 Å². The number of likely N-dealkylation sites (N-methyl/N-ethyl adjacent to an activating group) is 1. The molecule has 0 amide bonds. The Morgan fingerprint density at radius 3 is 2.74 bits per heavy atom. The molecule has 1 fully saturated rings. The van der Waals surface area contributed by atoms with Crippen LogP contribution in [0.25, 0.3) is 0 Å². The normalized spacial score (nSPS) is 17.5. The van der Waals surface area contributed by atoms with Crippen molar-refractivity contribution in [2.24, 2.45) is 11.7 Å². The largest absolute Gasteiger partial charge is 0.329 e. The fourth-order valence-electron chi connectivity index (χ4n) is 2.73. The number of benzene rings is 1. The molecule has 19 heavy (non-hydrogen) atoms. The molecule has 1 aliphatic carbocycles. The molecule has 1 saturated carbocycles. The van der Waals surface area contributed by atoms with Crippen LogP contribution in [-0.2, 0) is 0 Å². The highest BCUT2D eigenvalue weighted by molar-refractivity contribution is 6.30. The molecule has 0 saturated heterocycles. The second kappa shape index (κ2) is 6.69. The number of halogens is 2. The minimum atomic E-state index is -0.216. The number of rotatable bonds is 6. The zero-order valence-electron chi connectivity index (χ0n) is 11.4. The Kier molecular flexibility index (Phi) is 5.20. The summed E-state index contributed by atoms with van der Waals surface area (Å²) in [6.45, 7) is 4.40. The zero-order chi connectivity index (χ0) is 13.8. The fourth-order valence-corrected chi connectivity index (χ4v) is 2.91. The molecule has 2 rings (SSSR count). The van der Waals surface area contributed by atoms with Crippen LogP contribution < -0.4 is 5.73 Å². The third kappa shape index (κ3) is 3.47.